The van der Waals surface area contributed by atoms with Gasteiger partial charge in [0.15, 0.2) is 0 Å². The maximum absolute atomic E-state index is 5.47. The number of hydrogen-bond donors (Lipinski definition) is 1. The third-order valence-electron chi connectivity index (χ3n) is 4.02. The van der Waals surface area contributed by atoms with Gasteiger partial charge in [0.2, 0.25) is 0 Å². The molecule has 1 aromatic rings. The van der Waals surface area contributed by atoms with Gasteiger partial charge >= 0.3 is 0 Å². The van der Waals surface area contributed by atoms with Crippen molar-refractivity contribution in [2.24, 2.45) is 0 Å². The molecule has 1 saturated carbocycles. The van der Waals surface area contributed by atoms with Gasteiger partial charge in [-0.2, -0.15) is 0 Å². The molecule has 0 aromatic heterocycles. The molecule has 1 aliphatic heterocycles. The SMILES string of the molecule is COC1CCN(c2ccc(Br)cc2CNC2CC2)C1. The van der Waals surface area contributed by atoms with Crippen molar-refractivity contribution < 1.29 is 4.74 Å². The highest BCUT2D eigenvalue weighted by molar-refractivity contribution is 9.10. The van der Waals surface area contributed by atoms with Gasteiger partial charge in [0.1, 0.15) is 0 Å². The van der Waals surface area contributed by atoms with Crippen LogP contribution < -0.4 is 10.2 Å². The van der Waals surface area contributed by atoms with Crippen LogP contribution in [0.25, 0.3) is 0 Å². The molecule has 1 aliphatic carbocycles. The van der Waals surface area contributed by atoms with E-state index in [1.165, 1.54) is 24.1 Å². The van der Waals surface area contributed by atoms with Crippen molar-refractivity contribution in [2.45, 2.75) is 38.0 Å². The molecule has 1 atom stereocenters. The first kappa shape index (κ1) is 13.4. The van der Waals surface area contributed by atoms with E-state index in [2.05, 4.69) is 44.3 Å². The van der Waals surface area contributed by atoms with Crippen molar-refractivity contribution in [1.82, 2.24) is 5.32 Å². The maximum Gasteiger partial charge on any atom is 0.0762 e. The molecule has 1 saturated heterocycles. The molecule has 2 aliphatic rings. The smallest absolute Gasteiger partial charge is 0.0762 e. The van der Waals surface area contributed by atoms with E-state index in [9.17, 15) is 0 Å². The first-order valence-electron chi connectivity index (χ1n) is 7.06. The molecule has 104 valence electrons. The molecule has 3 nitrogen and oxygen atoms in total. The highest BCUT2D eigenvalue weighted by atomic mass is 79.9. The van der Waals surface area contributed by atoms with E-state index < -0.39 is 0 Å². The molecule has 0 amide bonds. The quantitative estimate of drug-likeness (QED) is 0.901. The van der Waals surface area contributed by atoms with Crippen LogP contribution >= 0.6 is 15.9 Å². The predicted octanol–water partition coefficient (Wildman–Crippen LogP) is 2.93. The Kier molecular flexibility index (Phi) is 4.10. The summed E-state index contributed by atoms with van der Waals surface area (Å²) in [7, 11) is 1.81. The summed E-state index contributed by atoms with van der Waals surface area (Å²) in [4.78, 5) is 2.45. The van der Waals surface area contributed by atoms with Crippen LogP contribution in [0.5, 0.6) is 0 Å². The van der Waals surface area contributed by atoms with Crippen LogP contribution in [-0.2, 0) is 11.3 Å². The molecule has 4 heteroatoms. The molecule has 0 spiro atoms. The first-order chi connectivity index (χ1) is 9.26. The fraction of sp³-hybridized carbons (Fsp3) is 0.600. The average Bonchev–Trinajstić information content (AvgIpc) is 3.13. The van der Waals surface area contributed by atoms with E-state index in [1.54, 1.807) is 0 Å². The Hall–Kier alpha value is -0.580. The third kappa shape index (κ3) is 3.30. The molecule has 1 aromatic carbocycles. The van der Waals surface area contributed by atoms with E-state index in [0.29, 0.717) is 6.10 Å². The summed E-state index contributed by atoms with van der Waals surface area (Å²) in [5, 5.41) is 3.61. The average molecular weight is 325 g/mol. The molecule has 0 radical (unpaired) electrons. The van der Waals surface area contributed by atoms with Gasteiger partial charge in [0.25, 0.3) is 0 Å². The van der Waals surface area contributed by atoms with Crippen molar-refractivity contribution in [3.8, 4) is 0 Å². The highest BCUT2D eigenvalue weighted by Crippen LogP contribution is 2.29. The summed E-state index contributed by atoms with van der Waals surface area (Å²) in [5.41, 5.74) is 2.74. The summed E-state index contributed by atoms with van der Waals surface area (Å²) in [6, 6.07) is 7.35. The molecule has 0 bridgehead atoms. The third-order valence-corrected chi connectivity index (χ3v) is 4.51. The summed E-state index contributed by atoms with van der Waals surface area (Å²) in [5.74, 6) is 0. The molecule has 1 heterocycles. The van der Waals surface area contributed by atoms with Crippen molar-refractivity contribution in [3.05, 3.63) is 28.2 Å². The van der Waals surface area contributed by atoms with Crippen molar-refractivity contribution in [3.63, 3.8) is 0 Å². The molecular weight excluding hydrogens is 304 g/mol. The lowest BCUT2D eigenvalue weighted by Gasteiger charge is -2.22. The van der Waals surface area contributed by atoms with Crippen molar-refractivity contribution >= 4 is 21.6 Å². The van der Waals surface area contributed by atoms with Gasteiger partial charge in [-0.05, 0) is 43.0 Å². The lowest BCUT2D eigenvalue weighted by atomic mass is 10.1. The minimum atomic E-state index is 0.382. The minimum absolute atomic E-state index is 0.382. The maximum atomic E-state index is 5.47. The summed E-state index contributed by atoms with van der Waals surface area (Å²) in [6.45, 7) is 3.07. The van der Waals surface area contributed by atoms with Gasteiger partial charge in [0.05, 0.1) is 6.10 Å². The molecule has 1 N–H and O–H groups in total. The second kappa shape index (κ2) is 5.81. The Bertz CT molecular complexity index is 448. The number of rotatable bonds is 5. The fourth-order valence-electron chi connectivity index (χ4n) is 2.69. The summed E-state index contributed by atoms with van der Waals surface area (Å²) in [6.07, 6.45) is 4.17. The van der Waals surface area contributed by atoms with Gasteiger partial charge in [-0.15, -0.1) is 0 Å². The number of benzene rings is 1. The normalized spacial score (nSPS) is 23.1. The van der Waals surface area contributed by atoms with Gasteiger partial charge in [-0.3, -0.25) is 0 Å². The monoisotopic (exact) mass is 324 g/mol. The molecule has 19 heavy (non-hydrogen) atoms. The van der Waals surface area contributed by atoms with E-state index in [1.807, 2.05) is 7.11 Å². The summed E-state index contributed by atoms with van der Waals surface area (Å²) >= 11 is 3.58. The molecule has 3 rings (SSSR count). The lowest BCUT2D eigenvalue weighted by molar-refractivity contribution is 0.121. The first-order valence-corrected chi connectivity index (χ1v) is 7.85. The topological polar surface area (TPSA) is 24.5 Å². The minimum Gasteiger partial charge on any atom is -0.380 e. The number of ether oxygens (including phenoxy) is 1. The van der Waals surface area contributed by atoms with Crippen LogP contribution in [0.3, 0.4) is 0 Å². The number of methoxy groups -OCH3 is 1. The number of nitrogens with one attached hydrogen (secondary N) is 1. The highest BCUT2D eigenvalue weighted by Gasteiger charge is 2.25. The van der Waals surface area contributed by atoms with Gasteiger partial charge in [-0.25, -0.2) is 0 Å². The number of anilines is 1. The zero-order valence-corrected chi connectivity index (χ0v) is 12.9. The molecular formula is C15H21BrN2O. The van der Waals surface area contributed by atoms with Crippen LogP contribution in [0.15, 0.2) is 22.7 Å². The zero-order chi connectivity index (χ0) is 13.2. The van der Waals surface area contributed by atoms with E-state index in [0.717, 1.165) is 36.6 Å². The molecule has 1 unspecified atom stereocenters. The Labute approximate surface area is 123 Å². The summed E-state index contributed by atoms with van der Waals surface area (Å²) < 4.78 is 6.63. The Morgan fingerprint density at radius 2 is 2.21 bits per heavy atom. The van der Waals surface area contributed by atoms with Crippen LogP contribution in [-0.4, -0.2) is 32.3 Å². The molecule has 2 fully saturated rings. The zero-order valence-electron chi connectivity index (χ0n) is 11.4. The van der Waals surface area contributed by atoms with Crippen LogP contribution in [0.4, 0.5) is 5.69 Å². The van der Waals surface area contributed by atoms with Crippen LogP contribution in [0.2, 0.25) is 0 Å². The fourth-order valence-corrected chi connectivity index (χ4v) is 3.09. The van der Waals surface area contributed by atoms with Crippen molar-refractivity contribution in [2.75, 3.05) is 25.1 Å². The number of halogens is 1. The lowest BCUT2D eigenvalue weighted by Crippen LogP contribution is -2.25. The number of nitrogens with zero attached hydrogens (tertiary/aromatic N) is 1. The van der Waals surface area contributed by atoms with Crippen LogP contribution in [0, 0.1) is 0 Å². The van der Waals surface area contributed by atoms with Crippen molar-refractivity contribution in [1.29, 1.82) is 0 Å². The Balaban J connectivity index is 1.74. The second-order valence-corrected chi connectivity index (χ2v) is 6.44. The second-order valence-electron chi connectivity index (χ2n) is 5.52. The Morgan fingerprint density at radius 1 is 1.37 bits per heavy atom. The van der Waals surface area contributed by atoms with E-state index >= 15 is 0 Å². The standard InChI is InChI=1S/C15H21BrN2O/c1-19-14-6-7-18(10-14)15-5-2-12(16)8-11(15)9-17-13-3-4-13/h2,5,8,13-14,17H,3-4,6-7,9-10H2,1H3. The van der Waals surface area contributed by atoms with Gasteiger partial charge < -0.3 is 15.0 Å². The van der Waals surface area contributed by atoms with Crippen LogP contribution in [0.1, 0.15) is 24.8 Å². The van der Waals surface area contributed by atoms with Gasteiger partial charge in [0, 0.05) is 42.9 Å². The van der Waals surface area contributed by atoms with E-state index in [-0.39, 0.29) is 0 Å². The van der Waals surface area contributed by atoms with E-state index in [4.69, 9.17) is 4.74 Å². The Morgan fingerprint density at radius 3 is 2.89 bits per heavy atom. The number of hydrogen-bond acceptors (Lipinski definition) is 3. The predicted molar refractivity (Wildman–Crippen MR) is 81.6 cm³/mol. The van der Waals surface area contributed by atoms with Gasteiger partial charge in [-0.1, -0.05) is 15.9 Å². The largest absolute Gasteiger partial charge is 0.380 e.